The molecule has 1 aromatic carbocycles. The summed E-state index contributed by atoms with van der Waals surface area (Å²) < 4.78 is 13.1. The van der Waals surface area contributed by atoms with Gasteiger partial charge in [-0.1, -0.05) is 0 Å². The molecule has 88 valence electrons. The van der Waals surface area contributed by atoms with Crippen LogP contribution in [0.4, 0.5) is 10.1 Å². The third-order valence-corrected chi connectivity index (χ3v) is 3.81. The van der Waals surface area contributed by atoms with Gasteiger partial charge in [0.15, 0.2) is 0 Å². The first kappa shape index (κ1) is 10.5. The number of nitrogens with one attached hydrogen (secondary N) is 1. The number of halogens is 1. The Labute approximate surface area is 99.8 Å². The van der Waals surface area contributed by atoms with Crippen molar-refractivity contribution in [1.82, 2.24) is 5.32 Å². The van der Waals surface area contributed by atoms with Crippen LogP contribution in [0.25, 0.3) is 0 Å². The Kier molecular flexibility index (Phi) is 2.49. The molecule has 0 bridgehead atoms. The molecule has 3 nitrogen and oxygen atoms in total. The molecule has 1 N–H and O–H groups in total. The standard InChI is InChI=1S/C13H14FN3/c14-12-1-2-13(9(3-12)4-15)17-7-10-5-16-6-11(10)8-17/h1-3,10-11,16H,5-8H2. The van der Waals surface area contributed by atoms with E-state index in [1.54, 1.807) is 6.07 Å². The number of nitriles is 1. The molecule has 0 saturated carbocycles. The van der Waals surface area contributed by atoms with E-state index in [1.807, 2.05) is 0 Å². The van der Waals surface area contributed by atoms with Gasteiger partial charge in [0.25, 0.3) is 0 Å². The van der Waals surface area contributed by atoms with E-state index in [4.69, 9.17) is 5.26 Å². The molecular weight excluding hydrogens is 217 g/mol. The molecule has 17 heavy (non-hydrogen) atoms. The molecule has 2 aliphatic heterocycles. The van der Waals surface area contributed by atoms with Crippen LogP contribution in [-0.4, -0.2) is 26.2 Å². The zero-order valence-corrected chi connectivity index (χ0v) is 9.49. The second-order valence-electron chi connectivity index (χ2n) is 4.86. The molecule has 1 aromatic rings. The summed E-state index contributed by atoms with van der Waals surface area (Å²) in [6, 6.07) is 6.56. The summed E-state index contributed by atoms with van der Waals surface area (Å²) in [5, 5.41) is 12.4. The largest absolute Gasteiger partial charge is 0.370 e. The minimum atomic E-state index is -0.341. The van der Waals surface area contributed by atoms with Crippen LogP contribution in [0.2, 0.25) is 0 Å². The van der Waals surface area contributed by atoms with Crippen LogP contribution < -0.4 is 10.2 Å². The third kappa shape index (κ3) is 1.77. The molecule has 0 aromatic heterocycles. The first-order valence-electron chi connectivity index (χ1n) is 5.93. The number of anilines is 1. The molecular formula is C13H14FN3. The van der Waals surface area contributed by atoms with Gasteiger partial charge in [0, 0.05) is 26.2 Å². The number of nitrogens with zero attached hydrogens (tertiary/aromatic N) is 2. The van der Waals surface area contributed by atoms with Crippen molar-refractivity contribution in [2.75, 3.05) is 31.1 Å². The van der Waals surface area contributed by atoms with Gasteiger partial charge in [-0.25, -0.2) is 4.39 Å². The lowest BCUT2D eigenvalue weighted by molar-refractivity contribution is 0.533. The Morgan fingerprint density at radius 1 is 1.29 bits per heavy atom. The average Bonchev–Trinajstić information content (AvgIpc) is 2.89. The first-order chi connectivity index (χ1) is 8.28. The van der Waals surface area contributed by atoms with Gasteiger partial charge in [-0.15, -0.1) is 0 Å². The molecule has 2 saturated heterocycles. The highest BCUT2D eigenvalue weighted by atomic mass is 19.1. The third-order valence-electron chi connectivity index (χ3n) is 3.81. The van der Waals surface area contributed by atoms with Crippen LogP contribution in [0.1, 0.15) is 5.56 Å². The fourth-order valence-electron chi connectivity index (χ4n) is 2.93. The molecule has 4 heteroatoms. The second kappa shape index (κ2) is 4.01. The maximum atomic E-state index is 13.1. The Bertz CT molecular complexity index is 468. The predicted molar refractivity (Wildman–Crippen MR) is 63.2 cm³/mol. The number of rotatable bonds is 1. The van der Waals surface area contributed by atoms with E-state index < -0.39 is 0 Å². The van der Waals surface area contributed by atoms with Gasteiger partial charge in [0.05, 0.1) is 11.3 Å². The first-order valence-corrected chi connectivity index (χ1v) is 5.93. The number of hydrogen-bond acceptors (Lipinski definition) is 3. The smallest absolute Gasteiger partial charge is 0.124 e. The van der Waals surface area contributed by atoms with Gasteiger partial charge in [-0.3, -0.25) is 0 Å². The summed E-state index contributed by atoms with van der Waals surface area (Å²) in [4.78, 5) is 2.22. The fourth-order valence-corrected chi connectivity index (χ4v) is 2.93. The van der Waals surface area contributed by atoms with E-state index in [-0.39, 0.29) is 5.82 Å². The van der Waals surface area contributed by atoms with Crippen molar-refractivity contribution in [1.29, 1.82) is 5.26 Å². The van der Waals surface area contributed by atoms with Gasteiger partial charge in [-0.05, 0) is 30.0 Å². The van der Waals surface area contributed by atoms with Crippen molar-refractivity contribution in [2.24, 2.45) is 11.8 Å². The maximum absolute atomic E-state index is 13.1. The second-order valence-corrected chi connectivity index (χ2v) is 4.86. The minimum absolute atomic E-state index is 0.341. The SMILES string of the molecule is N#Cc1cc(F)ccc1N1CC2CNCC2C1. The molecule has 0 amide bonds. The minimum Gasteiger partial charge on any atom is -0.370 e. The zero-order chi connectivity index (χ0) is 11.8. The van der Waals surface area contributed by atoms with Crippen LogP contribution in [0, 0.1) is 29.0 Å². The molecule has 0 radical (unpaired) electrons. The molecule has 0 spiro atoms. The average molecular weight is 231 g/mol. The lowest BCUT2D eigenvalue weighted by Crippen LogP contribution is -2.26. The van der Waals surface area contributed by atoms with Gasteiger partial charge in [-0.2, -0.15) is 5.26 Å². The van der Waals surface area contributed by atoms with Gasteiger partial charge in [0.1, 0.15) is 11.9 Å². The highest BCUT2D eigenvalue weighted by Gasteiger charge is 2.36. The van der Waals surface area contributed by atoms with Crippen LogP contribution in [0.5, 0.6) is 0 Å². The van der Waals surface area contributed by atoms with Crippen LogP contribution in [0.3, 0.4) is 0 Å². The number of fused-ring (bicyclic) bond motifs is 1. The Morgan fingerprint density at radius 2 is 2.00 bits per heavy atom. The molecule has 2 heterocycles. The lowest BCUT2D eigenvalue weighted by atomic mass is 10.0. The quantitative estimate of drug-likeness (QED) is 0.793. The Hall–Kier alpha value is -1.60. The van der Waals surface area contributed by atoms with Gasteiger partial charge < -0.3 is 10.2 Å². The maximum Gasteiger partial charge on any atom is 0.124 e. The highest BCUT2D eigenvalue weighted by Crippen LogP contribution is 2.32. The Morgan fingerprint density at radius 3 is 2.65 bits per heavy atom. The molecule has 2 aliphatic rings. The van der Waals surface area contributed by atoms with Gasteiger partial charge in [0.2, 0.25) is 0 Å². The van der Waals surface area contributed by atoms with Crippen molar-refractivity contribution in [3.63, 3.8) is 0 Å². The van der Waals surface area contributed by atoms with E-state index >= 15 is 0 Å². The molecule has 2 unspecified atom stereocenters. The number of benzene rings is 1. The van der Waals surface area contributed by atoms with Gasteiger partial charge >= 0.3 is 0 Å². The normalized spacial score (nSPS) is 26.9. The fraction of sp³-hybridized carbons (Fsp3) is 0.462. The van der Waals surface area contributed by atoms with E-state index in [0.29, 0.717) is 17.4 Å². The van der Waals surface area contributed by atoms with Crippen LogP contribution in [-0.2, 0) is 0 Å². The topological polar surface area (TPSA) is 39.1 Å². The summed E-state index contributed by atoms with van der Waals surface area (Å²) in [5.41, 5.74) is 1.32. The van der Waals surface area contributed by atoms with E-state index in [0.717, 1.165) is 31.9 Å². The molecule has 2 fully saturated rings. The van der Waals surface area contributed by atoms with Crippen molar-refractivity contribution < 1.29 is 4.39 Å². The molecule has 0 aliphatic carbocycles. The van der Waals surface area contributed by atoms with Crippen LogP contribution in [0.15, 0.2) is 18.2 Å². The summed E-state index contributed by atoms with van der Waals surface area (Å²) in [5.74, 6) is 1.00. The van der Waals surface area contributed by atoms with E-state index in [9.17, 15) is 4.39 Å². The predicted octanol–water partition coefficient (Wildman–Crippen LogP) is 1.35. The monoisotopic (exact) mass is 231 g/mol. The lowest BCUT2D eigenvalue weighted by Gasteiger charge is -2.20. The summed E-state index contributed by atoms with van der Waals surface area (Å²) in [7, 11) is 0. The Balaban J connectivity index is 1.88. The highest BCUT2D eigenvalue weighted by molar-refractivity contribution is 5.60. The molecule has 2 atom stereocenters. The zero-order valence-electron chi connectivity index (χ0n) is 9.49. The summed E-state index contributed by atoms with van der Waals surface area (Å²) in [6.07, 6.45) is 0. The number of hydrogen-bond donors (Lipinski definition) is 1. The van der Waals surface area contributed by atoms with E-state index in [2.05, 4.69) is 16.3 Å². The van der Waals surface area contributed by atoms with Crippen molar-refractivity contribution >= 4 is 5.69 Å². The summed E-state index contributed by atoms with van der Waals surface area (Å²) >= 11 is 0. The van der Waals surface area contributed by atoms with Crippen molar-refractivity contribution in [2.45, 2.75) is 0 Å². The van der Waals surface area contributed by atoms with Crippen LogP contribution >= 0.6 is 0 Å². The summed E-state index contributed by atoms with van der Waals surface area (Å²) in [6.45, 7) is 4.06. The molecule has 3 rings (SSSR count). The van der Waals surface area contributed by atoms with Crippen molar-refractivity contribution in [3.8, 4) is 6.07 Å². The van der Waals surface area contributed by atoms with Crippen molar-refractivity contribution in [3.05, 3.63) is 29.6 Å². The van der Waals surface area contributed by atoms with E-state index in [1.165, 1.54) is 12.1 Å².